The van der Waals surface area contributed by atoms with Gasteiger partial charge in [0.1, 0.15) is 0 Å². The minimum absolute atomic E-state index is 0.0751. The van der Waals surface area contributed by atoms with Crippen molar-refractivity contribution in [1.82, 2.24) is 4.31 Å². The van der Waals surface area contributed by atoms with Gasteiger partial charge in [0.25, 0.3) is 11.6 Å². The van der Waals surface area contributed by atoms with Crippen LogP contribution >= 0.6 is 0 Å². The predicted molar refractivity (Wildman–Crippen MR) is 102 cm³/mol. The topological polar surface area (TPSA) is 110 Å². The summed E-state index contributed by atoms with van der Waals surface area (Å²) in [6.45, 7) is 5.90. The normalized spacial score (nSPS) is 11.4. The van der Waals surface area contributed by atoms with E-state index in [0.29, 0.717) is 24.3 Å². The molecular weight excluding hydrogens is 370 g/mol. The Morgan fingerprint density at radius 3 is 2.41 bits per heavy atom. The molecule has 0 unspecified atom stereocenters. The van der Waals surface area contributed by atoms with E-state index in [4.69, 9.17) is 0 Å². The predicted octanol–water partition coefficient (Wildman–Crippen LogP) is 3.19. The van der Waals surface area contributed by atoms with Gasteiger partial charge in [0.2, 0.25) is 10.0 Å². The summed E-state index contributed by atoms with van der Waals surface area (Å²) in [4.78, 5) is 22.8. The van der Waals surface area contributed by atoms with Crippen molar-refractivity contribution in [2.75, 3.05) is 18.4 Å². The highest BCUT2D eigenvalue weighted by Crippen LogP contribution is 2.24. The van der Waals surface area contributed by atoms with Gasteiger partial charge in [0, 0.05) is 36.5 Å². The molecule has 1 amide bonds. The van der Waals surface area contributed by atoms with Crippen molar-refractivity contribution in [3.8, 4) is 0 Å². The molecule has 0 aromatic heterocycles. The molecule has 0 spiro atoms. The summed E-state index contributed by atoms with van der Waals surface area (Å²) in [6.07, 6.45) is 0. The Bertz CT molecular complexity index is 969. The van der Waals surface area contributed by atoms with Gasteiger partial charge in [0.05, 0.1) is 9.82 Å². The number of nitro benzene ring substituents is 1. The second-order valence-corrected chi connectivity index (χ2v) is 7.77. The largest absolute Gasteiger partial charge is 0.322 e. The van der Waals surface area contributed by atoms with Crippen molar-refractivity contribution in [3.63, 3.8) is 0 Å². The summed E-state index contributed by atoms with van der Waals surface area (Å²) in [7, 11) is -3.67. The molecule has 0 radical (unpaired) electrons. The lowest BCUT2D eigenvalue weighted by Gasteiger charge is -2.19. The summed E-state index contributed by atoms with van der Waals surface area (Å²) in [5, 5.41) is 13.5. The maximum absolute atomic E-state index is 12.7. The highest BCUT2D eigenvalue weighted by Gasteiger charge is 2.22. The molecule has 0 fully saturated rings. The molecule has 1 N–H and O–H groups in total. The molecule has 2 aromatic carbocycles. The molecule has 0 aliphatic carbocycles. The zero-order chi connectivity index (χ0) is 20.2. The highest BCUT2D eigenvalue weighted by atomic mass is 32.2. The molecule has 0 saturated carbocycles. The molecule has 0 heterocycles. The number of nitrogens with one attached hydrogen (secondary N) is 1. The van der Waals surface area contributed by atoms with E-state index in [0.717, 1.165) is 0 Å². The van der Waals surface area contributed by atoms with E-state index in [1.807, 2.05) is 0 Å². The van der Waals surface area contributed by atoms with Gasteiger partial charge >= 0.3 is 0 Å². The van der Waals surface area contributed by atoms with Crippen molar-refractivity contribution in [1.29, 1.82) is 0 Å². The zero-order valence-electron chi connectivity index (χ0n) is 15.3. The van der Waals surface area contributed by atoms with Crippen molar-refractivity contribution < 1.29 is 18.1 Å². The first kappa shape index (κ1) is 20.5. The van der Waals surface area contributed by atoms with Gasteiger partial charge in [-0.05, 0) is 30.7 Å². The van der Waals surface area contributed by atoms with Crippen LogP contribution in [-0.2, 0) is 10.0 Å². The summed E-state index contributed by atoms with van der Waals surface area (Å²) in [5.41, 5.74) is 0.921. The standard InChI is InChI=1S/C18H21N3O5S/c1-4-20(5-2)27(25,26)16-10-9-13(3)17(12-16)19-18(22)14-7-6-8-15(11-14)21(23)24/h6-12H,4-5H2,1-3H3,(H,19,22). The van der Waals surface area contributed by atoms with E-state index in [2.05, 4.69) is 5.32 Å². The zero-order valence-corrected chi connectivity index (χ0v) is 16.1. The molecule has 9 heteroatoms. The third kappa shape index (κ3) is 4.50. The first-order valence-corrected chi connectivity index (χ1v) is 9.81. The summed E-state index contributed by atoms with van der Waals surface area (Å²) in [6, 6.07) is 9.83. The fourth-order valence-electron chi connectivity index (χ4n) is 2.56. The van der Waals surface area contributed by atoms with Crippen molar-refractivity contribution in [3.05, 3.63) is 63.7 Å². The molecule has 2 rings (SSSR count). The first-order chi connectivity index (χ1) is 12.7. The average molecular weight is 391 g/mol. The van der Waals surface area contributed by atoms with Crippen LogP contribution in [0.1, 0.15) is 29.8 Å². The van der Waals surface area contributed by atoms with E-state index in [-0.39, 0.29) is 16.1 Å². The van der Waals surface area contributed by atoms with Gasteiger partial charge in [-0.2, -0.15) is 4.31 Å². The van der Waals surface area contributed by atoms with Gasteiger partial charge < -0.3 is 5.32 Å². The maximum atomic E-state index is 12.7. The number of benzene rings is 2. The lowest BCUT2D eigenvalue weighted by atomic mass is 10.1. The van der Waals surface area contributed by atoms with Crippen LogP contribution in [-0.4, -0.2) is 36.6 Å². The number of aryl methyl sites for hydroxylation is 1. The molecule has 144 valence electrons. The number of carbonyl (C=O) groups excluding carboxylic acids is 1. The highest BCUT2D eigenvalue weighted by molar-refractivity contribution is 7.89. The molecule has 0 aliphatic rings. The SMILES string of the molecule is CCN(CC)S(=O)(=O)c1ccc(C)c(NC(=O)c2cccc([N+](=O)[O-])c2)c1. The average Bonchev–Trinajstić information content (AvgIpc) is 2.64. The van der Waals surface area contributed by atoms with Crippen LogP contribution in [0.4, 0.5) is 11.4 Å². The molecular formula is C18H21N3O5S. The Kier molecular flexibility index (Phi) is 6.29. The van der Waals surface area contributed by atoms with Crippen molar-refractivity contribution >= 4 is 27.3 Å². The van der Waals surface area contributed by atoms with E-state index in [1.54, 1.807) is 26.8 Å². The lowest BCUT2D eigenvalue weighted by molar-refractivity contribution is -0.384. The summed E-state index contributed by atoms with van der Waals surface area (Å²) in [5.74, 6) is -0.556. The molecule has 27 heavy (non-hydrogen) atoms. The molecule has 0 atom stereocenters. The van der Waals surface area contributed by atoms with E-state index >= 15 is 0 Å². The minimum atomic E-state index is -3.67. The lowest BCUT2D eigenvalue weighted by Crippen LogP contribution is -2.30. The fraction of sp³-hybridized carbons (Fsp3) is 0.278. The second-order valence-electron chi connectivity index (χ2n) is 5.83. The Morgan fingerprint density at radius 1 is 1.15 bits per heavy atom. The van der Waals surface area contributed by atoms with Crippen LogP contribution in [0.5, 0.6) is 0 Å². The monoisotopic (exact) mass is 391 g/mol. The van der Waals surface area contributed by atoms with Gasteiger partial charge in [0.15, 0.2) is 0 Å². The van der Waals surface area contributed by atoms with Crippen LogP contribution in [0.2, 0.25) is 0 Å². The van der Waals surface area contributed by atoms with Crippen LogP contribution < -0.4 is 5.32 Å². The van der Waals surface area contributed by atoms with Crippen LogP contribution in [0.15, 0.2) is 47.4 Å². The van der Waals surface area contributed by atoms with E-state index in [9.17, 15) is 23.3 Å². The Morgan fingerprint density at radius 2 is 1.81 bits per heavy atom. The first-order valence-electron chi connectivity index (χ1n) is 8.37. The number of anilines is 1. The molecule has 0 saturated heterocycles. The summed E-state index contributed by atoms with van der Waals surface area (Å²) >= 11 is 0. The summed E-state index contributed by atoms with van der Waals surface area (Å²) < 4.78 is 26.7. The fourth-order valence-corrected chi connectivity index (χ4v) is 4.05. The number of hydrogen-bond acceptors (Lipinski definition) is 5. The number of carbonyl (C=O) groups is 1. The number of amides is 1. The quantitative estimate of drug-likeness (QED) is 0.576. The third-order valence-corrected chi connectivity index (χ3v) is 6.17. The molecule has 0 aliphatic heterocycles. The number of non-ortho nitro benzene ring substituents is 1. The van der Waals surface area contributed by atoms with Gasteiger partial charge in [-0.3, -0.25) is 14.9 Å². The van der Waals surface area contributed by atoms with Gasteiger partial charge in [-0.1, -0.05) is 26.0 Å². The Labute approximate surface area is 158 Å². The van der Waals surface area contributed by atoms with Gasteiger partial charge in [-0.25, -0.2) is 8.42 Å². The van der Waals surface area contributed by atoms with Crippen LogP contribution in [0.25, 0.3) is 0 Å². The molecule has 2 aromatic rings. The van der Waals surface area contributed by atoms with E-state index in [1.165, 1.54) is 40.7 Å². The number of sulfonamides is 1. The molecule has 8 nitrogen and oxygen atoms in total. The molecule has 0 bridgehead atoms. The Balaban J connectivity index is 2.36. The van der Waals surface area contributed by atoms with Crippen molar-refractivity contribution in [2.45, 2.75) is 25.7 Å². The Hall–Kier alpha value is -2.78. The number of nitro groups is 1. The number of hydrogen-bond donors (Lipinski definition) is 1. The second kappa shape index (κ2) is 8.28. The minimum Gasteiger partial charge on any atom is -0.322 e. The van der Waals surface area contributed by atoms with Gasteiger partial charge in [-0.15, -0.1) is 0 Å². The smallest absolute Gasteiger partial charge is 0.270 e. The van der Waals surface area contributed by atoms with Crippen LogP contribution in [0.3, 0.4) is 0 Å². The van der Waals surface area contributed by atoms with E-state index < -0.39 is 20.9 Å². The number of rotatable bonds is 7. The van der Waals surface area contributed by atoms with Crippen LogP contribution in [0, 0.1) is 17.0 Å². The maximum Gasteiger partial charge on any atom is 0.270 e. The number of nitrogens with zero attached hydrogens (tertiary/aromatic N) is 2. The van der Waals surface area contributed by atoms with Crippen molar-refractivity contribution in [2.24, 2.45) is 0 Å². The third-order valence-electron chi connectivity index (χ3n) is 4.12.